The van der Waals surface area contributed by atoms with E-state index in [2.05, 4.69) is 58.0 Å². The maximum absolute atomic E-state index is 4.39. The minimum Gasteiger partial charge on any atom is -0.305 e. The molecule has 1 saturated heterocycles. The molecular weight excluding hydrogens is 340 g/mol. The summed E-state index contributed by atoms with van der Waals surface area (Å²) >= 11 is 1.87. The maximum Gasteiger partial charge on any atom is 0.0693 e. The van der Waals surface area contributed by atoms with Crippen LogP contribution in [0.1, 0.15) is 41.8 Å². The second kappa shape index (κ2) is 8.16. The summed E-state index contributed by atoms with van der Waals surface area (Å²) in [5.41, 5.74) is 3.86. The number of nitrogens with zero attached hydrogens (tertiary/aromatic N) is 3. The Labute approximate surface area is 159 Å². The zero-order valence-electron chi connectivity index (χ0n) is 15.3. The Hall–Kier alpha value is -1.95. The van der Waals surface area contributed by atoms with Gasteiger partial charge in [-0.2, -0.15) is 5.10 Å². The average molecular weight is 367 g/mol. The van der Waals surface area contributed by atoms with Gasteiger partial charge in [-0.3, -0.25) is 4.90 Å². The van der Waals surface area contributed by atoms with Crippen LogP contribution in [0.3, 0.4) is 0 Å². The van der Waals surface area contributed by atoms with E-state index in [0.29, 0.717) is 0 Å². The number of benzene rings is 1. The van der Waals surface area contributed by atoms with E-state index in [4.69, 9.17) is 0 Å². The predicted molar refractivity (Wildman–Crippen MR) is 108 cm³/mol. The fourth-order valence-corrected chi connectivity index (χ4v) is 4.47. The molecule has 3 heterocycles. The van der Waals surface area contributed by atoms with Gasteiger partial charge in [0.15, 0.2) is 0 Å². The molecule has 136 valence electrons. The Morgan fingerprint density at radius 2 is 2.04 bits per heavy atom. The lowest BCUT2D eigenvalue weighted by Gasteiger charge is -2.17. The molecule has 3 aromatic rings. The number of hydrogen-bond donors (Lipinski definition) is 1. The summed E-state index contributed by atoms with van der Waals surface area (Å²) in [6.45, 7) is 6.74. The lowest BCUT2D eigenvalue weighted by Crippen LogP contribution is -2.19. The molecule has 0 saturated carbocycles. The summed E-state index contributed by atoms with van der Waals surface area (Å²) in [5.74, 6) is 0. The molecule has 1 N–H and O–H groups in total. The molecule has 1 aliphatic heterocycles. The topological polar surface area (TPSA) is 33.1 Å². The van der Waals surface area contributed by atoms with E-state index >= 15 is 0 Å². The first kappa shape index (κ1) is 17.5. The highest BCUT2D eigenvalue weighted by Crippen LogP contribution is 2.23. The molecule has 1 unspecified atom stereocenters. The summed E-state index contributed by atoms with van der Waals surface area (Å²) in [7, 11) is 0. The van der Waals surface area contributed by atoms with Gasteiger partial charge in [0, 0.05) is 36.4 Å². The number of hydrogen-bond acceptors (Lipinski definition) is 4. The van der Waals surface area contributed by atoms with Gasteiger partial charge in [-0.15, -0.1) is 11.3 Å². The minimum absolute atomic E-state index is 0.263. The first-order valence-electron chi connectivity index (χ1n) is 9.40. The molecule has 2 aromatic heterocycles. The Morgan fingerprint density at radius 3 is 2.85 bits per heavy atom. The van der Waals surface area contributed by atoms with Crippen molar-refractivity contribution in [1.29, 1.82) is 0 Å². The molecule has 1 aliphatic rings. The molecule has 0 amide bonds. The molecule has 4 rings (SSSR count). The van der Waals surface area contributed by atoms with E-state index in [9.17, 15) is 0 Å². The molecule has 1 aromatic carbocycles. The Kier molecular flexibility index (Phi) is 5.48. The van der Waals surface area contributed by atoms with E-state index in [1.165, 1.54) is 41.9 Å². The van der Waals surface area contributed by atoms with Gasteiger partial charge in [-0.25, -0.2) is 4.68 Å². The molecule has 0 spiro atoms. The molecule has 1 fully saturated rings. The molecule has 5 heteroatoms. The molecule has 4 nitrogen and oxygen atoms in total. The van der Waals surface area contributed by atoms with Crippen molar-refractivity contribution in [1.82, 2.24) is 20.0 Å². The number of thiophene rings is 1. The number of likely N-dealkylation sites (tertiary alicyclic amines) is 1. The third-order valence-corrected chi connectivity index (χ3v) is 6.04. The van der Waals surface area contributed by atoms with Crippen molar-refractivity contribution in [2.75, 3.05) is 13.1 Å². The highest BCUT2D eigenvalue weighted by molar-refractivity contribution is 7.10. The fraction of sp³-hybridized carbons (Fsp3) is 0.381. The Balaban J connectivity index is 1.39. The van der Waals surface area contributed by atoms with Crippen molar-refractivity contribution in [3.05, 3.63) is 70.2 Å². The lowest BCUT2D eigenvalue weighted by atomic mass is 10.1. The zero-order valence-corrected chi connectivity index (χ0v) is 16.1. The minimum atomic E-state index is 0.263. The third-order valence-electron chi connectivity index (χ3n) is 5.05. The van der Waals surface area contributed by atoms with Crippen molar-refractivity contribution >= 4 is 11.3 Å². The molecule has 0 bridgehead atoms. The van der Waals surface area contributed by atoms with Crippen molar-refractivity contribution in [2.24, 2.45) is 0 Å². The van der Waals surface area contributed by atoms with Crippen molar-refractivity contribution in [3.8, 4) is 5.69 Å². The molecule has 26 heavy (non-hydrogen) atoms. The van der Waals surface area contributed by atoms with Crippen LogP contribution in [0.5, 0.6) is 0 Å². The molecular formula is C21H26N4S. The van der Waals surface area contributed by atoms with Gasteiger partial charge in [-0.1, -0.05) is 18.2 Å². The Morgan fingerprint density at radius 1 is 1.19 bits per heavy atom. The molecule has 0 radical (unpaired) electrons. The third kappa shape index (κ3) is 4.06. The number of para-hydroxylation sites is 1. The Bertz CT molecular complexity index is 818. The van der Waals surface area contributed by atoms with Crippen LogP contribution in [0.25, 0.3) is 5.69 Å². The van der Waals surface area contributed by atoms with Crippen LogP contribution in [-0.4, -0.2) is 27.8 Å². The average Bonchev–Trinajstić information content (AvgIpc) is 3.43. The number of aromatic nitrogens is 2. The van der Waals surface area contributed by atoms with Crippen LogP contribution >= 0.6 is 11.3 Å². The van der Waals surface area contributed by atoms with E-state index in [1.807, 2.05) is 34.5 Å². The van der Waals surface area contributed by atoms with Gasteiger partial charge in [0.05, 0.1) is 5.69 Å². The van der Waals surface area contributed by atoms with E-state index < -0.39 is 0 Å². The normalized spacial score (nSPS) is 16.2. The standard InChI is InChI=1S/C21H26N4S/c1-17(20-7-2-3-8-21(20)25-12-6-9-23-25)22-14-19-13-18(16-26-19)15-24-10-4-5-11-24/h2-3,6-9,12-13,16-17,22H,4-5,10-11,14-15H2,1H3. The van der Waals surface area contributed by atoms with Crippen LogP contribution in [-0.2, 0) is 13.1 Å². The molecule has 0 aliphatic carbocycles. The monoisotopic (exact) mass is 366 g/mol. The van der Waals surface area contributed by atoms with E-state index in [0.717, 1.165) is 18.8 Å². The van der Waals surface area contributed by atoms with Crippen LogP contribution in [0.2, 0.25) is 0 Å². The first-order chi connectivity index (χ1) is 12.8. The SMILES string of the molecule is CC(NCc1cc(CN2CCCC2)cs1)c1ccccc1-n1cccn1. The summed E-state index contributed by atoms with van der Waals surface area (Å²) in [6, 6.07) is 13.1. The smallest absolute Gasteiger partial charge is 0.0693 e. The number of nitrogens with one attached hydrogen (secondary N) is 1. The first-order valence-corrected chi connectivity index (χ1v) is 10.3. The maximum atomic E-state index is 4.39. The van der Waals surface area contributed by atoms with Gasteiger partial charge in [0.25, 0.3) is 0 Å². The van der Waals surface area contributed by atoms with Crippen molar-refractivity contribution in [2.45, 2.75) is 38.9 Å². The second-order valence-electron chi connectivity index (χ2n) is 7.02. The quantitative estimate of drug-likeness (QED) is 0.674. The summed E-state index contributed by atoms with van der Waals surface area (Å²) < 4.78 is 1.94. The van der Waals surface area contributed by atoms with E-state index in [-0.39, 0.29) is 6.04 Å². The van der Waals surface area contributed by atoms with Gasteiger partial charge in [0.2, 0.25) is 0 Å². The van der Waals surface area contributed by atoms with Crippen molar-refractivity contribution in [3.63, 3.8) is 0 Å². The summed E-state index contributed by atoms with van der Waals surface area (Å²) in [5, 5.41) is 10.4. The summed E-state index contributed by atoms with van der Waals surface area (Å²) in [4.78, 5) is 3.96. The highest BCUT2D eigenvalue weighted by Gasteiger charge is 2.14. The van der Waals surface area contributed by atoms with Gasteiger partial charge in [-0.05, 0) is 67.6 Å². The largest absolute Gasteiger partial charge is 0.305 e. The lowest BCUT2D eigenvalue weighted by molar-refractivity contribution is 0.332. The van der Waals surface area contributed by atoms with Crippen molar-refractivity contribution < 1.29 is 0 Å². The predicted octanol–water partition coefficient (Wildman–Crippen LogP) is 4.38. The van der Waals surface area contributed by atoms with Gasteiger partial charge >= 0.3 is 0 Å². The summed E-state index contributed by atoms with van der Waals surface area (Å²) in [6.07, 6.45) is 6.52. The number of rotatable bonds is 7. The van der Waals surface area contributed by atoms with Gasteiger partial charge < -0.3 is 5.32 Å². The fourth-order valence-electron chi connectivity index (χ4n) is 3.64. The highest BCUT2D eigenvalue weighted by atomic mass is 32.1. The van der Waals surface area contributed by atoms with Crippen LogP contribution in [0, 0.1) is 0 Å². The van der Waals surface area contributed by atoms with Crippen LogP contribution in [0.15, 0.2) is 54.2 Å². The van der Waals surface area contributed by atoms with Gasteiger partial charge in [0.1, 0.15) is 0 Å². The zero-order chi connectivity index (χ0) is 17.8. The molecule has 1 atom stereocenters. The van der Waals surface area contributed by atoms with Crippen LogP contribution in [0.4, 0.5) is 0 Å². The van der Waals surface area contributed by atoms with E-state index in [1.54, 1.807) is 0 Å². The second-order valence-corrected chi connectivity index (χ2v) is 8.01. The van der Waals surface area contributed by atoms with Crippen LogP contribution < -0.4 is 5.32 Å².